The molecule has 0 N–H and O–H groups in total. The lowest BCUT2D eigenvalue weighted by atomic mass is 9.87. The fourth-order valence-corrected chi connectivity index (χ4v) is 5.38. The van der Waals surface area contributed by atoms with Crippen LogP contribution in [0.15, 0.2) is 72.8 Å². The summed E-state index contributed by atoms with van der Waals surface area (Å²) in [6, 6.07) is 21.5. The highest BCUT2D eigenvalue weighted by atomic mass is 19.2. The summed E-state index contributed by atoms with van der Waals surface area (Å²) in [6.45, 7) is 4.43. The smallest absolute Gasteiger partial charge is 0.164 e. The van der Waals surface area contributed by atoms with Crippen LogP contribution in [0.25, 0.3) is 0 Å². The van der Waals surface area contributed by atoms with Gasteiger partial charge >= 0.3 is 0 Å². The van der Waals surface area contributed by atoms with Crippen molar-refractivity contribution in [2.45, 2.75) is 103 Å². The van der Waals surface area contributed by atoms with E-state index in [0.29, 0.717) is 23.5 Å². The SMILES string of the molecule is CCCCCc1ccc(COC2C=CC(c3ccc(CCc4ccc(CCCC)cc4)cc3)CC2)c(F)c1F. The first-order valence-electron chi connectivity index (χ1n) is 15.0. The number of unbranched alkanes of at least 4 members (excludes halogenated alkanes) is 3. The molecule has 0 saturated carbocycles. The maximum Gasteiger partial charge on any atom is 0.164 e. The molecule has 1 nitrogen and oxygen atoms in total. The molecule has 0 radical (unpaired) electrons. The molecule has 1 aliphatic rings. The van der Waals surface area contributed by atoms with Crippen molar-refractivity contribution in [3.05, 3.63) is 118 Å². The van der Waals surface area contributed by atoms with Gasteiger partial charge in [-0.1, -0.05) is 106 Å². The van der Waals surface area contributed by atoms with E-state index in [1.807, 2.05) is 0 Å². The zero-order chi connectivity index (χ0) is 27.5. The van der Waals surface area contributed by atoms with Gasteiger partial charge in [0.2, 0.25) is 0 Å². The van der Waals surface area contributed by atoms with Crippen molar-refractivity contribution < 1.29 is 13.5 Å². The molecule has 2 atom stereocenters. The molecule has 1 aliphatic carbocycles. The molecular weight excluding hydrogens is 486 g/mol. The van der Waals surface area contributed by atoms with E-state index in [0.717, 1.165) is 44.9 Å². The maximum atomic E-state index is 14.6. The Balaban J connectivity index is 1.23. The molecule has 208 valence electrons. The summed E-state index contributed by atoms with van der Waals surface area (Å²) in [6.07, 6.45) is 15.4. The van der Waals surface area contributed by atoms with Crippen LogP contribution >= 0.6 is 0 Å². The molecule has 0 bridgehead atoms. The van der Waals surface area contributed by atoms with Crippen LogP contribution < -0.4 is 0 Å². The van der Waals surface area contributed by atoms with Crippen LogP contribution in [-0.4, -0.2) is 6.10 Å². The summed E-state index contributed by atoms with van der Waals surface area (Å²) < 4.78 is 35.0. The Kier molecular flexibility index (Phi) is 11.3. The number of halogens is 2. The van der Waals surface area contributed by atoms with Gasteiger partial charge in [-0.15, -0.1) is 0 Å². The van der Waals surface area contributed by atoms with Gasteiger partial charge in [-0.2, -0.15) is 0 Å². The topological polar surface area (TPSA) is 9.23 Å². The van der Waals surface area contributed by atoms with E-state index in [1.54, 1.807) is 12.1 Å². The molecule has 0 fully saturated rings. The first-order valence-corrected chi connectivity index (χ1v) is 15.0. The average Bonchev–Trinajstić information content (AvgIpc) is 2.98. The van der Waals surface area contributed by atoms with Gasteiger partial charge in [-0.25, -0.2) is 8.78 Å². The van der Waals surface area contributed by atoms with E-state index in [2.05, 4.69) is 74.5 Å². The van der Waals surface area contributed by atoms with E-state index in [-0.39, 0.29) is 12.7 Å². The number of ether oxygens (including phenoxy) is 1. The van der Waals surface area contributed by atoms with E-state index in [1.165, 1.54) is 41.5 Å². The van der Waals surface area contributed by atoms with E-state index in [4.69, 9.17) is 4.74 Å². The van der Waals surface area contributed by atoms with Crippen molar-refractivity contribution in [3.63, 3.8) is 0 Å². The monoisotopic (exact) mass is 530 g/mol. The van der Waals surface area contributed by atoms with Crippen LogP contribution in [0.4, 0.5) is 8.78 Å². The molecule has 3 heteroatoms. The lowest BCUT2D eigenvalue weighted by molar-refractivity contribution is 0.0591. The van der Waals surface area contributed by atoms with Crippen LogP contribution in [0.2, 0.25) is 0 Å². The van der Waals surface area contributed by atoms with Gasteiger partial charge in [-0.3, -0.25) is 0 Å². The van der Waals surface area contributed by atoms with Gasteiger partial charge in [0.15, 0.2) is 11.6 Å². The van der Waals surface area contributed by atoms with Gasteiger partial charge in [-0.05, 0) is 79.2 Å². The molecule has 0 heterocycles. The number of hydrogen-bond donors (Lipinski definition) is 0. The van der Waals surface area contributed by atoms with Crippen LogP contribution in [0.3, 0.4) is 0 Å². The quantitative estimate of drug-likeness (QED) is 0.149. The largest absolute Gasteiger partial charge is 0.369 e. The molecule has 4 rings (SSSR count). The van der Waals surface area contributed by atoms with Crippen molar-refractivity contribution in [1.82, 2.24) is 0 Å². The number of hydrogen-bond acceptors (Lipinski definition) is 1. The first-order chi connectivity index (χ1) is 19.1. The Hall–Kier alpha value is -2.78. The third-order valence-electron chi connectivity index (χ3n) is 8.02. The molecule has 0 saturated heterocycles. The lowest BCUT2D eigenvalue weighted by Crippen LogP contribution is -2.16. The first kappa shape index (κ1) is 29.2. The molecule has 0 spiro atoms. The molecule has 3 aromatic carbocycles. The van der Waals surface area contributed by atoms with Crippen LogP contribution in [-0.2, 0) is 37.0 Å². The van der Waals surface area contributed by atoms with Gasteiger partial charge in [0.25, 0.3) is 0 Å². The van der Waals surface area contributed by atoms with E-state index >= 15 is 0 Å². The summed E-state index contributed by atoms with van der Waals surface area (Å²) in [5.74, 6) is -1.10. The Morgan fingerprint density at radius 1 is 0.615 bits per heavy atom. The Morgan fingerprint density at radius 3 is 1.82 bits per heavy atom. The highest BCUT2D eigenvalue weighted by molar-refractivity contribution is 5.31. The van der Waals surface area contributed by atoms with Crippen molar-refractivity contribution in [2.24, 2.45) is 0 Å². The van der Waals surface area contributed by atoms with E-state index in [9.17, 15) is 8.78 Å². The molecule has 0 aliphatic heterocycles. The Morgan fingerprint density at radius 2 is 1.21 bits per heavy atom. The second kappa shape index (κ2) is 15.1. The fourth-order valence-electron chi connectivity index (χ4n) is 5.38. The van der Waals surface area contributed by atoms with Crippen molar-refractivity contribution in [3.8, 4) is 0 Å². The van der Waals surface area contributed by atoms with Gasteiger partial charge < -0.3 is 4.74 Å². The Labute approximate surface area is 234 Å². The normalized spacial score (nSPS) is 17.0. The predicted molar refractivity (Wildman–Crippen MR) is 158 cm³/mol. The van der Waals surface area contributed by atoms with Gasteiger partial charge in [0.1, 0.15) is 0 Å². The maximum absolute atomic E-state index is 14.6. The Bertz CT molecular complexity index is 1180. The minimum Gasteiger partial charge on any atom is -0.369 e. The second-order valence-corrected chi connectivity index (χ2v) is 11.0. The predicted octanol–water partition coefficient (Wildman–Crippen LogP) is 9.84. The summed E-state index contributed by atoms with van der Waals surface area (Å²) >= 11 is 0. The summed E-state index contributed by atoms with van der Waals surface area (Å²) in [7, 11) is 0. The number of allylic oxidation sites excluding steroid dienone is 1. The van der Waals surface area contributed by atoms with Crippen molar-refractivity contribution >= 4 is 0 Å². The third-order valence-corrected chi connectivity index (χ3v) is 8.02. The van der Waals surface area contributed by atoms with Crippen LogP contribution in [0.1, 0.15) is 98.1 Å². The molecule has 0 amide bonds. The highest BCUT2D eigenvalue weighted by Gasteiger charge is 2.19. The van der Waals surface area contributed by atoms with Crippen molar-refractivity contribution in [2.75, 3.05) is 0 Å². The number of aryl methyl sites for hydroxylation is 4. The van der Waals surface area contributed by atoms with Gasteiger partial charge in [0.05, 0.1) is 12.7 Å². The van der Waals surface area contributed by atoms with Gasteiger partial charge in [0, 0.05) is 11.5 Å². The summed E-state index contributed by atoms with van der Waals surface area (Å²) in [5, 5.41) is 0. The zero-order valence-electron chi connectivity index (χ0n) is 23.7. The molecule has 3 aromatic rings. The highest BCUT2D eigenvalue weighted by Crippen LogP contribution is 2.30. The minimum absolute atomic E-state index is 0.0689. The molecule has 0 aromatic heterocycles. The fraction of sp³-hybridized carbons (Fsp3) is 0.444. The number of benzene rings is 3. The van der Waals surface area contributed by atoms with Crippen LogP contribution in [0.5, 0.6) is 0 Å². The number of rotatable bonds is 14. The zero-order valence-corrected chi connectivity index (χ0v) is 23.7. The molecule has 39 heavy (non-hydrogen) atoms. The molecular formula is C36H44F2O. The van der Waals surface area contributed by atoms with Crippen LogP contribution in [0, 0.1) is 11.6 Å². The summed E-state index contributed by atoms with van der Waals surface area (Å²) in [5.41, 5.74) is 6.27. The lowest BCUT2D eigenvalue weighted by Gasteiger charge is -2.24. The van der Waals surface area contributed by atoms with E-state index < -0.39 is 11.6 Å². The second-order valence-electron chi connectivity index (χ2n) is 11.0. The average molecular weight is 531 g/mol. The summed E-state index contributed by atoms with van der Waals surface area (Å²) in [4.78, 5) is 0. The van der Waals surface area contributed by atoms with Crippen molar-refractivity contribution in [1.29, 1.82) is 0 Å². The standard InChI is InChI=1S/C36H44F2O/c1-3-5-7-9-32-20-21-33(36(38)35(32)37)26-39-34-24-22-31(23-25-34)30-18-16-29(17-19-30)15-14-28-12-10-27(11-13-28)8-6-4-2/h10-13,16-22,24,31,34H,3-9,14-15,23,25-26H2,1-2H3. The molecule has 2 unspecified atom stereocenters. The minimum atomic E-state index is -0.759. The third kappa shape index (κ3) is 8.60.